The van der Waals surface area contributed by atoms with E-state index in [4.69, 9.17) is 0 Å². The van der Waals surface area contributed by atoms with Crippen LogP contribution in [0.15, 0.2) is 64.8 Å². The molecule has 0 fully saturated rings. The van der Waals surface area contributed by atoms with Crippen molar-refractivity contribution in [3.63, 3.8) is 0 Å². The van der Waals surface area contributed by atoms with Crippen LogP contribution in [0.2, 0.25) is 0 Å². The molecule has 0 aliphatic heterocycles. The number of azo groups is 1. The van der Waals surface area contributed by atoms with Gasteiger partial charge in [0.15, 0.2) is 5.69 Å². The third-order valence-electron chi connectivity index (χ3n) is 3.44. The first kappa shape index (κ1) is 22.1. The van der Waals surface area contributed by atoms with Gasteiger partial charge in [0, 0.05) is 6.26 Å². The van der Waals surface area contributed by atoms with E-state index in [1.807, 2.05) is 0 Å². The molecule has 0 amide bonds. The third-order valence-corrected chi connectivity index (χ3v) is 3.97. The fraction of sp³-hybridized carbons (Fsp3) is 0.0588. The molecule has 0 saturated carbocycles. The van der Waals surface area contributed by atoms with Gasteiger partial charge in [-0.2, -0.15) is 14.9 Å². The normalized spacial score (nSPS) is 11.2. The Labute approximate surface area is 176 Å². The Morgan fingerprint density at radius 3 is 2.31 bits per heavy atom. The Bertz CT molecular complexity index is 1160. The van der Waals surface area contributed by atoms with Gasteiger partial charge in [-0.3, -0.25) is 0 Å². The number of aromatic nitrogens is 2. The van der Waals surface area contributed by atoms with Crippen molar-refractivity contribution < 1.29 is 40.5 Å². The molecule has 0 saturated heterocycles. The van der Waals surface area contributed by atoms with Crippen LogP contribution in [-0.2, 0) is 27.1 Å². The molecule has 12 heteroatoms. The summed E-state index contributed by atoms with van der Waals surface area (Å²) in [4.78, 5) is 11.5. The number of carboxylic acids is 1. The van der Waals surface area contributed by atoms with Crippen molar-refractivity contribution in [2.45, 2.75) is 0 Å². The van der Waals surface area contributed by atoms with Gasteiger partial charge in [-0.1, -0.05) is 36.4 Å². The summed E-state index contributed by atoms with van der Waals surface area (Å²) in [5, 5.41) is 31.3. The van der Waals surface area contributed by atoms with Crippen LogP contribution in [0, 0.1) is 0 Å². The molecular weight excluding hydrogens is 450 g/mol. The molecular formula is C17H14CuN5O5S. The summed E-state index contributed by atoms with van der Waals surface area (Å²) in [6.07, 6.45) is 0.930. The van der Waals surface area contributed by atoms with E-state index in [0.717, 1.165) is 10.9 Å². The number of carbonyl (C=O) groups is 1. The number of hydrogen-bond donors (Lipinski definition) is 2. The predicted molar refractivity (Wildman–Crippen MR) is 101 cm³/mol. The second-order valence-corrected chi connectivity index (χ2v) is 7.23. The van der Waals surface area contributed by atoms with E-state index in [-0.39, 0.29) is 34.1 Å². The Morgan fingerprint density at radius 2 is 1.69 bits per heavy atom. The predicted octanol–water partition coefficient (Wildman–Crippen LogP) is 3.65. The second-order valence-electron chi connectivity index (χ2n) is 5.59. The summed E-state index contributed by atoms with van der Waals surface area (Å²) in [5.41, 5.74) is -0.346. The summed E-state index contributed by atoms with van der Waals surface area (Å²) in [7, 11) is -3.68. The summed E-state index contributed by atoms with van der Waals surface area (Å²) in [6.45, 7) is 0. The van der Waals surface area contributed by atoms with E-state index in [2.05, 4.69) is 20.0 Å². The SMILES string of the molecule is CS(=O)(=O)[N-]c1ccccc1N=Nc1c(C(=O)O)nn(-c2ccccc2)c1O.[Cu+]. The molecule has 0 atom stereocenters. The molecule has 0 aliphatic carbocycles. The largest absolute Gasteiger partial charge is 1.00 e. The first-order valence-electron chi connectivity index (χ1n) is 7.81. The summed E-state index contributed by atoms with van der Waals surface area (Å²) < 4.78 is 27.4. The number of benzene rings is 2. The Hall–Kier alpha value is -3.21. The minimum Gasteiger partial charge on any atom is -0.575 e. The van der Waals surface area contributed by atoms with Crippen LogP contribution in [0.1, 0.15) is 10.5 Å². The topological polar surface area (TPSA) is 148 Å². The van der Waals surface area contributed by atoms with Gasteiger partial charge in [-0.15, -0.1) is 10.8 Å². The molecule has 0 unspecified atom stereocenters. The quantitative estimate of drug-likeness (QED) is 0.421. The average Bonchev–Trinajstić information content (AvgIpc) is 2.97. The number of aromatic hydroxyl groups is 1. The molecule has 2 N–H and O–H groups in total. The van der Waals surface area contributed by atoms with Gasteiger partial charge in [0.2, 0.25) is 11.6 Å². The van der Waals surface area contributed by atoms with Crippen molar-refractivity contribution >= 4 is 33.1 Å². The smallest absolute Gasteiger partial charge is 0.575 e. The first-order chi connectivity index (χ1) is 13.3. The molecule has 154 valence electrons. The fourth-order valence-electron chi connectivity index (χ4n) is 2.29. The molecule has 10 nitrogen and oxygen atoms in total. The second kappa shape index (κ2) is 8.86. The van der Waals surface area contributed by atoms with Crippen molar-refractivity contribution in [2.75, 3.05) is 6.26 Å². The van der Waals surface area contributed by atoms with Crippen LogP contribution in [0.3, 0.4) is 0 Å². The zero-order valence-electron chi connectivity index (χ0n) is 14.8. The van der Waals surface area contributed by atoms with Gasteiger partial charge in [-0.25, -0.2) is 13.2 Å². The van der Waals surface area contributed by atoms with E-state index >= 15 is 0 Å². The van der Waals surface area contributed by atoms with Crippen LogP contribution in [0.5, 0.6) is 5.88 Å². The maximum Gasteiger partial charge on any atom is 1.00 e. The molecule has 3 rings (SSSR count). The van der Waals surface area contributed by atoms with Gasteiger partial charge >= 0.3 is 23.0 Å². The summed E-state index contributed by atoms with van der Waals surface area (Å²) >= 11 is 0. The van der Waals surface area contributed by atoms with Crippen molar-refractivity contribution in [2.24, 2.45) is 10.2 Å². The Morgan fingerprint density at radius 1 is 1.07 bits per heavy atom. The molecule has 29 heavy (non-hydrogen) atoms. The van der Waals surface area contributed by atoms with Crippen LogP contribution in [-0.4, -0.2) is 40.6 Å². The molecule has 2 aromatic carbocycles. The van der Waals surface area contributed by atoms with Crippen LogP contribution < -0.4 is 0 Å². The zero-order valence-corrected chi connectivity index (χ0v) is 16.5. The number of para-hydroxylation sites is 1. The van der Waals surface area contributed by atoms with E-state index < -0.39 is 27.6 Å². The Balaban J connectivity index is 0.00000300. The summed E-state index contributed by atoms with van der Waals surface area (Å²) in [6, 6.07) is 14.4. The molecule has 3 aromatic rings. The number of hydrogen-bond acceptors (Lipinski definition) is 7. The first-order valence-corrected chi connectivity index (χ1v) is 9.65. The van der Waals surface area contributed by atoms with Crippen molar-refractivity contribution in [1.82, 2.24) is 9.78 Å². The minimum atomic E-state index is -3.68. The van der Waals surface area contributed by atoms with Gasteiger partial charge in [0.25, 0.3) is 0 Å². The molecule has 1 heterocycles. The number of nitrogens with zero attached hydrogens (tertiary/aromatic N) is 5. The van der Waals surface area contributed by atoms with Crippen molar-refractivity contribution in [3.05, 3.63) is 65.0 Å². The van der Waals surface area contributed by atoms with Crippen LogP contribution in [0.4, 0.5) is 17.1 Å². The number of sulfonamides is 1. The van der Waals surface area contributed by atoms with E-state index in [1.165, 1.54) is 12.1 Å². The zero-order chi connectivity index (χ0) is 20.3. The maximum atomic E-state index is 11.5. The van der Waals surface area contributed by atoms with Gasteiger partial charge < -0.3 is 14.9 Å². The molecule has 0 aliphatic rings. The van der Waals surface area contributed by atoms with Gasteiger partial charge in [0.05, 0.1) is 21.4 Å². The van der Waals surface area contributed by atoms with Crippen molar-refractivity contribution in [3.8, 4) is 11.6 Å². The monoisotopic (exact) mass is 463 g/mol. The molecule has 1 aromatic heterocycles. The minimum absolute atomic E-state index is 0. The molecule has 0 bridgehead atoms. The van der Waals surface area contributed by atoms with Gasteiger partial charge in [-0.05, 0) is 18.2 Å². The van der Waals surface area contributed by atoms with Crippen molar-refractivity contribution in [1.29, 1.82) is 0 Å². The standard InChI is InChI=1S/C17H15N5O5S.Cu/c1-28(26,27)21-13-10-6-5-9-12(13)18-19-14-15(17(24)25)20-22(16(14)23)11-7-3-2-4-8-11;/h2-10H,1H3,(H3,18,19,20,21,23,24,25);/q;+1/p-1. The average molecular weight is 464 g/mol. The molecule has 0 spiro atoms. The van der Waals surface area contributed by atoms with Crippen LogP contribution in [0.25, 0.3) is 10.4 Å². The number of rotatable bonds is 6. The Kier molecular flexibility index (Phi) is 6.75. The van der Waals surface area contributed by atoms with Crippen LogP contribution >= 0.6 is 0 Å². The molecule has 0 radical (unpaired) electrons. The maximum absolute atomic E-state index is 11.5. The van der Waals surface area contributed by atoms with Gasteiger partial charge in [0.1, 0.15) is 0 Å². The number of aromatic carboxylic acids is 1. The van der Waals surface area contributed by atoms with E-state index in [0.29, 0.717) is 5.69 Å². The van der Waals surface area contributed by atoms with E-state index in [1.54, 1.807) is 42.5 Å². The summed E-state index contributed by atoms with van der Waals surface area (Å²) in [5.74, 6) is -1.93. The third kappa shape index (κ3) is 5.19. The fourth-order valence-corrected chi connectivity index (χ4v) is 2.81. The number of carboxylic acid groups (broad SMARTS) is 1. The van der Waals surface area contributed by atoms with E-state index in [9.17, 15) is 23.4 Å².